The van der Waals surface area contributed by atoms with Crippen molar-refractivity contribution in [3.8, 4) is 0 Å². The molecule has 2 aliphatic rings. The van der Waals surface area contributed by atoms with Gasteiger partial charge in [0.25, 0.3) is 0 Å². The summed E-state index contributed by atoms with van der Waals surface area (Å²) in [4.78, 5) is 2.73. The minimum atomic E-state index is 0.283. The molecule has 0 saturated heterocycles. The van der Waals surface area contributed by atoms with Crippen molar-refractivity contribution in [3.63, 3.8) is 0 Å². The minimum Gasteiger partial charge on any atom is -0.329 e. The Balaban J connectivity index is 2.05. The molecule has 4 unspecified atom stereocenters. The lowest BCUT2D eigenvalue weighted by Gasteiger charge is -2.47. The van der Waals surface area contributed by atoms with Gasteiger partial charge in [0, 0.05) is 18.1 Å². The summed E-state index contributed by atoms with van der Waals surface area (Å²) in [5.41, 5.74) is 6.61. The van der Waals surface area contributed by atoms with Crippen LogP contribution in [0.5, 0.6) is 0 Å². The lowest BCUT2D eigenvalue weighted by atomic mass is 9.81. The van der Waals surface area contributed by atoms with E-state index < -0.39 is 0 Å². The maximum atomic E-state index is 6.33. The summed E-state index contributed by atoms with van der Waals surface area (Å²) in [6, 6.07) is 0.771. The predicted molar refractivity (Wildman–Crippen MR) is 92.4 cm³/mol. The van der Waals surface area contributed by atoms with Gasteiger partial charge < -0.3 is 5.73 Å². The SMILES string of the molecule is CC1CCCC(N(C)C2(CN)CCCC(C(C)C)CC2)C1. The maximum Gasteiger partial charge on any atom is 0.0331 e. The summed E-state index contributed by atoms with van der Waals surface area (Å²) < 4.78 is 0. The van der Waals surface area contributed by atoms with Gasteiger partial charge in [-0.25, -0.2) is 0 Å². The van der Waals surface area contributed by atoms with Gasteiger partial charge in [-0.1, -0.05) is 46.5 Å². The molecular weight excluding hydrogens is 256 g/mol. The molecule has 0 amide bonds. The van der Waals surface area contributed by atoms with Crippen LogP contribution in [0, 0.1) is 17.8 Å². The number of likely N-dealkylation sites (N-methyl/N-ethyl adjacent to an activating group) is 1. The minimum absolute atomic E-state index is 0.283. The zero-order chi connectivity index (χ0) is 15.5. The second kappa shape index (κ2) is 7.46. The Kier molecular flexibility index (Phi) is 6.14. The van der Waals surface area contributed by atoms with Crippen molar-refractivity contribution in [2.45, 2.75) is 90.1 Å². The van der Waals surface area contributed by atoms with E-state index in [-0.39, 0.29) is 5.54 Å². The van der Waals surface area contributed by atoms with Gasteiger partial charge >= 0.3 is 0 Å². The van der Waals surface area contributed by atoms with E-state index >= 15 is 0 Å². The Labute approximate surface area is 132 Å². The first kappa shape index (κ1) is 17.3. The number of rotatable bonds is 4. The zero-order valence-electron chi connectivity index (χ0n) is 14.9. The van der Waals surface area contributed by atoms with Crippen LogP contribution in [0.4, 0.5) is 0 Å². The monoisotopic (exact) mass is 294 g/mol. The molecular formula is C19H38N2. The number of nitrogens with two attached hydrogens (primary N) is 1. The third kappa shape index (κ3) is 4.01. The molecule has 0 spiro atoms. The lowest BCUT2D eigenvalue weighted by Crippen LogP contribution is -2.56. The summed E-state index contributed by atoms with van der Waals surface area (Å²) >= 11 is 0. The van der Waals surface area contributed by atoms with Crippen molar-refractivity contribution in [2.75, 3.05) is 13.6 Å². The van der Waals surface area contributed by atoms with Crippen LogP contribution in [0.15, 0.2) is 0 Å². The second-order valence-corrected chi connectivity index (χ2v) is 8.40. The Morgan fingerprint density at radius 3 is 2.48 bits per heavy atom. The van der Waals surface area contributed by atoms with Gasteiger partial charge in [-0.3, -0.25) is 4.90 Å². The van der Waals surface area contributed by atoms with Crippen LogP contribution in [-0.4, -0.2) is 30.1 Å². The Morgan fingerprint density at radius 2 is 1.86 bits per heavy atom. The molecule has 2 N–H and O–H groups in total. The highest BCUT2D eigenvalue weighted by molar-refractivity contribution is 4.96. The predicted octanol–water partition coefficient (Wildman–Crippen LogP) is 4.43. The van der Waals surface area contributed by atoms with Gasteiger partial charge in [0.1, 0.15) is 0 Å². The molecule has 0 heterocycles. The standard InChI is InChI=1S/C19H38N2/c1-15(2)17-8-6-11-19(14-20,12-10-17)21(4)18-9-5-7-16(3)13-18/h15-18H,5-14,20H2,1-4H3. The van der Waals surface area contributed by atoms with Gasteiger partial charge in [-0.15, -0.1) is 0 Å². The molecule has 0 aromatic heterocycles. The second-order valence-electron chi connectivity index (χ2n) is 8.40. The van der Waals surface area contributed by atoms with Gasteiger partial charge in [0.2, 0.25) is 0 Å². The summed E-state index contributed by atoms with van der Waals surface area (Å²) in [5.74, 6) is 2.64. The first-order valence-corrected chi connectivity index (χ1v) is 9.41. The van der Waals surface area contributed by atoms with Crippen molar-refractivity contribution < 1.29 is 0 Å². The molecule has 2 nitrogen and oxygen atoms in total. The molecule has 2 heteroatoms. The van der Waals surface area contributed by atoms with Gasteiger partial charge in [-0.05, 0) is 56.9 Å². The molecule has 0 bridgehead atoms. The normalized spacial score (nSPS) is 38.7. The van der Waals surface area contributed by atoms with E-state index in [4.69, 9.17) is 5.73 Å². The van der Waals surface area contributed by atoms with Crippen LogP contribution < -0.4 is 5.73 Å². The van der Waals surface area contributed by atoms with Crippen LogP contribution in [0.25, 0.3) is 0 Å². The van der Waals surface area contributed by atoms with Gasteiger partial charge in [-0.2, -0.15) is 0 Å². The van der Waals surface area contributed by atoms with Crippen molar-refractivity contribution in [3.05, 3.63) is 0 Å². The van der Waals surface area contributed by atoms with Gasteiger partial charge in [0.15, 0.2) is 0 Å². The first-order chi connectivity index (χ1) is 9.98. The van der Waals surface area contributed by atoms with Gasteiger partial charge in [0.05, 0.1) is 0 Å². The molecule has 124 valence electrons. The molecule has 0 aromatic carbocycles. The van der Waals surface area contributed by atoms with Crippen molar-refractivity contribution >= 4 is 0 Å². The van der Waals surface area contributed by atoms with Crippen LogP contribution in [0.3, 0.4) is 0 Å². The fourth-order valence-corrected chi connectivity index (χ4v) is 4.93. The topological polar surface area (TPSA) is 29.3 Å². The molecule has 4 atom stereocenters. The molecule has 0 radical (unpaired) electrons. The largest absolute Gasteiger partial charge is 0.329 e. The fraction of sp³-hybridized carbons (Fsp3) is 1.00. The summed E-state index contributed by atoms with van der Waals surface area (Å²) in [6.45, 7) is 8.06. The number of hydrogen-bond acceptors (Lipinski definition) is 2. The molecule has 0 aromatic rings. The number of nitrogens with zero attached hydrogens (tertiary/aromatic N) is 1. The Hall–Kier alpha value is -0.0800. The molecule has 2 saturated carbocycles. The molecule has 21 heavy (non-hydrogen) atoms. The number of hydrogen-bond donors (Lipinski definition) is 1. The average Bonchev–Trinajstić information content (AvgIpc) is 2.70. The van der Waals surface area contributed by atoms with E-state index in [0.29, 0.717) is 0 Å². The van der Waals surface area contributed by atoms with E-state index in [9.17, 15) is 0 Å². The van der Waals surface area contributed by atoms with Crippen molar-refractivity contribution in [1.82, 2.24) is 4.90 Å². The smallest absolute Gasteiger partial charge is 0.0331 e. The third-order valence-corrected chi connectivity index (χ3v) is 6.72. The van der Waals surface area contributed by atoms with Crippen LogP contribution in [-0.2, 0) is 0 Å². The molecule has 2 rings (SSSR count). The first-order valence-electron chi connectivity index (χ1n) is 9.41. The van der Waals surface area contributed by atoms with E-state index in [1.54, 1.807) is 0 Å². The quantitative estimate of drug-likeness (QED) is 0.777. The molecule has 2 aliphatic carbocycles. The van der Waals surface area contributed by atoms with E-state index in [1.807, 2.05) is 0 Å². The molecule has 0 aliphatic heterocycles. The Bertz CT molecular complexity index is 315. The van der Waals surface area contributed by atoms with E-state index in [1.165, 1.54) is 57.8 Å². The van der Waals surface area contributed by atoms with Crippen LogP contribution >= 0.6 is 0 Å². The average molecular weight is 295 g/mol. The highest BCUT2D eigenvalue weighted by atomic mass is 15.2. The lowest BCUT2D eigenvalue weighted by molar-refractivity contribution is 0.0347. The highest BCUT2D eigenvalue weighted by Crippen LogP contribution is 2.39. The summed E-state index contributed by atoms with van der Waals surface area (Å²) in [7, 11) is 2.38. The zero-order valence-corrected chi connectivity index (χ0v) is 14.9. The highest BCUT2D eigenvalue weighted by Gasteiger charge is 2.39. The van der Waals surface area contributed by atoms with E-state index in [0.717, 1.165) is 30.3 Å². The fourth-order valence-electron chi connectivity index (χ4n) is 4.93. The summed E-state index contributed by atoms with van der Waals surface area (Å²) in [6.07, 6.45) is 12.4. The van der Waals surface area contributed by atoms with Crippen LogP contribution in [0.1, 0.15) is 78.6 Å². The van der Waals surface area contributed by atoms with E-state index in [2.05, 4.69) is 32.7 Å². The Morgan fingerprint density at radius 1 is 1.10 bits per heavy atom. The maximum absolute atomic E-state index is 6.33. The van der Waals surface area contributed by atoms with Crippen LogP contribution in [0.2, 0.25) is 0 Å². The molecule has 2 fully saturated rings. The summed E-state index contributed by atoms with van der Waals surface area (Å²) in [5, 5.41) is 0. The van der Waals surface area contributed by atoms with Crippen molar-refractivity contribution in [2.24, 2.45) is 23.5 Å². The third-order valence-electron chi connectivity index (χ3n) is 6.72. The van der Waals surface area contributed by atoms with Crippen molar-refractivity contribution in [1.29, 1.82) is 0 Å².